The molecule has 0 aliphatic carbocycles. The molecule has 0 heterocycles. The lowest BCUT2D eigenvalue weighted by Crippen LogP contribution is -2.06. The Labute approximate surface area is 98.8 Å². The van der Waals surface area contributed by atoms with Crippen molar-refractivity contribution in [1.82, 2.24) is 0 Å². The summed E-state index contributed by atoms with van der Waals surface area (Å²) in [6, 6.07) is 2.84. The van der Waals surface area contributed by atoms with E-state index in [-0.39, 0.29) is 16.8 Å². The first-order valence-electron chi connectivity index (χ1n) is 3.92. The maximum atomic E-state index is 11.2. The molecular weight excluding hydrogens is 313 g/mol. The van der Waals surface area contributed by atoms with Crippen molar-refractivity contribution in [2.24, 2.45) is 0 Å². The Hall–Kier alpha value is -1.31. The molecule has 0 atom stereocenters. The summed E-state index contributed by atoms with van der Waals surface area (Å²) in [5, 5.41) is 10.7. The second-order valence-electron chi connectivity index (χ2n) is 2.79. The van der Waals surface area contributed by atoms with Crippen molar-refractivity contribution < 1.29 is 14.5 Å². The first-order chi connectivity index (χ1) is 6.99. The van der Waals surface area contributed by atoms with Crippen LogP contribution in [0.4, 0.5) is 5.69 Å². The number of Topliss-reactive ketones (excluding diaryl/α,β-unsaturated/α-hetero) is 1. The number of benzene rings is 1. The molecule has 0 saturated carbocycles. The van der Waals surface area contributed by atoms with Gasteiger partial charge in [0.05, 0.1) is 8.49 Å². The molecule has 1 aromatic carbocycles. The third-order valence-electron chi connectivity index (χ3n) is 1.82. The van der Waals surface area contributed by atoms with Crippen molar-refractivity contribution in [3.05, 3.63) is 36.9 Å². The number of rotatable bonds is 3. The van der Waals surface area contributed by atoms with Crippen LogP contribution >= 0.6 is 22.6 Å². The van der Waals surface area contributed by atoms with Crippen LogP contribution in [0.5, 0.6) is 0 Å². The van der Waals surface area contributed by atoms with E-state index in [0.717, 1.165) is 0 Å². The van der Waals surface area contributed by atoms with Gasteiger partial charge in [-0.3, -0.25) is 19.7 Å². The molecule has 0 aromatic heterocycles. The molecule has 0 saturated heterocycles. The molecule has 0 aliphatic rings. The van der Waals surface area contributed by atoms with E-state index in [1.165, 1.54) is 19.1 Å². The number of nitrogens with zero attached hydrogens (tertiary/aromatic N) is 1. The van der Waals surface area contributed by atoms with Gasteiger partial charge in [0, 0.05) is 5.56 Å². The molecule has 0 aliphatic heterocycles. The van der Waals surface area contributed by atoms with Gasteiger partial charge in [0.2, 0.25) is 0 Å². The summed E-state index contributed by atoms with van der Waals surface area (Å²) in [5.74, 6) is -0.484. The number of nitro groups is 1. The average molecular weight is 319 g/mol. The van der Waals surface area contributed by atoms with Gasteiger partial charge in [-0.1, -0.05) is 0 Å². The zero-order valence-electron chi connectivity index (χ0n) is 7.69. The van der Waals surface area contributed by atoms with Gasteiger partial charge in [0.15, 0.2) is 12.1 Å². The summed E-state index contributed by atoms with van der Waals surface area (Å²) in [7, 11) is 0. The number of ketones is 1. The first-order valence-corrected chi connectivity index (χ1v) is 5.00. The molecule has 15 heavy (non-hydrogen) atoms. The monoisotopic (exact) mass is 319 g/mol. The van der Waals surface area contributed by atoms with E-state index in [0.29, 0.717) is 9.86 Å². The van der Waals surface area contributed by atoms with Crippen LogP contribution in [0.2, 0.25) is 0 Å². The molecule has 5 nitrogen and oxygen atoms in total. The Morgan fingerprint density at radius 2 is 2.13 bits per heavy atom. The van der Waals surface area contributed by atoms with Crippen molar-refractivity contribution in [1.29, 1.82) is 0 Å². The van der Waals surface area contributed by atoms with Crippen molar-refractivity contribution >= 4 is 40.3 Å². The summed E-state index contributed by atoms with van der Waals surface area (Å²) >= 11 is 1.76. The van der Waals surface area contributed by atoms with Crippen LogP contribution in [-0.2, 0) is 0 Å². The molecular formula is C9H6INO4. The molecule has 6 heteroatoms. The zero-order chi connectivity index (χ0) is 11.6. The van der Waals surface area contributed by atoms with Crippen molar-refractivity contribution in [2.45, 2.75) is 6.92 Å². The Morgan fingerprint density at radius 1 is 1.53 bits per heavy atom. The van der Waals surface area contributed by atoms with E-state index in [1.807, 2.05) is 0 Å². The highest BCUT2D eigenvalue weighted by molar-refractivity contribution is 14.1. The van der Waals surface area contributed by atoms with E-state index in [1.54, 1.807) is 22.6 Å². The van der Waals surface area contributed by atoms with Crippen LogP contribution in [0.3, 0.4) is 0 Å². The van der Waals surface area contributed by atoms with Gasteiger partial charge in [0.1, 0.15) is 5.56 Å². The number of hydrogen-bond donors (Lipinski definition) is 0. The summed E-state index contributed by atoms with van der Waals surface area (Å²) in [5.41, 5.74) is -0.371. The third-order valence-corrected chi connectivity index (χ3v) is 2.69. The Morgan fingerprint density at radius 3 is 2.53 bits per heavy atom. The van der Waals surface area contributed by atoms with Crippen LogP contribution in [-0.4, -0.2) is 17.0 Å². The zero-order valence-corrected chi connectivity index (χ0v) is 9.85. The quantitative estimate of drug-likeness (QED) is 0.281. The largest absolute Gasteiger partial charge is 0.298 e. The van der Waals surface area contributed by atoms with E-state index in [2.05, 4.69) is 0 Å². The van der Waals surface area contributed by atoms with Gasteiger partial charge in [-0.2, -0.15) is 0 Å². The average Bonchev–Trinajstić information content (AvgIpc) is 2.16. The molecule has 0 fully saturated rings. The minimum atomic E-state index is -0.647. The predicted molar refractivity (Wildman–Crippen MR) is 61.2 cm³/mol. The maximum Gasteiger partial charge on any atom is 0.294 e. The standard InChI is InChI=1S/C9H6INO4/c1-5(13)8-6(4-12)2-3-7(10)9(8)11(14)15/h2-4H,1H3. The molecule has 0 amide bonds. The highest BCUT2D eigenvalue weighted by Crippen LogP contribution is 2.28. The van der Waals surface area contributed by atoms with Crippen molar-refractivity contribution in [3.63, 3.8) is 0 Å². The number of carbonyl (C=O) groups is 2. The molecule has 0 spiro atoms. The Balaban J connectivity index is 3.65. The Bertz CT molecular complexity index is 456. The number of carbonyl (C=O) groups excluding carboxylic acids is 2. The summed E-state index contributed by atoms with van der Waals surface area (Å²) in [6.45, 7) is 1.20. The third kappa shape index (κ3) is 2.20. The summed E-state index contributed by atoms with van der Waals surface area (Å²) in [6.07, 6.45) is 0.444. The number of nitro benzene ring substituents is 1. The molecule has 0 radical (unpaired) electrons. The second-order valence-corrected chi connectivity index (χ2v) is 3.95. The van der Waals surface area contributed by atoms with Crippen LogP contribution in [0, 0.1) is 13.7 Å². The molecule has 78 valence electrons. The predicted octanol–water partition coefficient (Wildman–Crippen LogP) is 2.21. The van der Waals surface area contributed by atoms with Crippen molar-refractivity contribution in [2.75, 3.05) is 0 Å². The fourth-order valence-electron chi connectivity index (χ4n) is 1.23. The number of aldehydes is 1. The highest BCUT2D eigenvalue weighted by Gasteiger charge is 2.24. The van der Waals surface area contributed by atoms with E-state index < -0.39 is 10.7 Å². The second kappa shape index (κ2) is 4.47. The fourth-order valence-corrected chi connectivity index (χ4v) is 1.87. The van der Waals surface area contributed by atoms with Gasteiger partial charge in [-0.15, -0.1) is 0 Å². The summed E-state index contributed by atoms with van der Waals surface area (Å²) in [4.78, 5) is 32.0. The van der Waals surface area contributed by atoms with Crippen LogP contribution in [0.25, 0.3) is 0 Å². The van der Waals surface area contributed by atoms with Crippen LogP contribution in [0.15, 0.2) is 12.1 Å². The van der Waals surface area contributed by atoms with E-state index >= 15 is 0 Å². The molecule has 0 bridgehead atoms. The van der Waals surface area contributed by atoms with Crippen LogP contribution in [0.1, 0.15) is 27.6 Å². The van der Waals surface area contributed by atoms with E-state index in [9.17, 15) is 19.7 Å². The minimum Gasteiger partial charge on any atom is -0.298 e. The normalized spacial score (nSPS) is 9.73. The van der Waals surface area contributed by atoms with Gasteiger partial charge in [-0.25, -0.2) is 0 Å². The van der Waals surface area contributed by atoms with Gasteiger partial charge in [-0.05, 0) is 41.6 Å². The summed E-state index contributed by atoms with van der Waals surface area (Å²) < 4.78 is 0.341. The first kappa shape index (κ1) is 11.8. The topological polar surface area (TPSA) is 77.3 Å². The molecule has 0 N–H and O–H groups in total. The van der Waals surface area contributed by atoms with Crippen molar-refractivity contribution in [3.8, 4) is 0 Å². The highest BCUT2D eigenvalue weighted by atomic mass is 127. The van der Waals surface area contributed by atoms with Gasteiger partial charge in [0.25, 0.3) is 5.69 Å². The number of hydrogen-bond acceptors (Lipinski definition) is 4. The molecule has 1 aromatic rings. The Kier molecular flexibility index (Phi) is 3.51. The smallest absolute Gasteiger partial charge is 0.294 e. The maximum absolute atomic E-state index is 11.2. The number of halogens is 1. The van der Waals surface area contributed by atoms with Gasteiger partial charge >= 0.3 is 0 Å². The van der Waals surface area contributed by atoms with E-state index in [4.69, 9.17) is 0 Å². The lowest BCUT2D eigenvalue weighted by Gasteiger charge is -2.03. The molecule has 1 rings (SSSR count). The fraction of sp³-hybridized carbons (Fsp3) is 0.111. The molecule has 0 unspecified atom stereocenters. The lowest BCUT2D eigenvalue weighted by molar-refractivity contribution is -0.386. The SMILES string of the molecule is CC(=O)c1c(C=O)ccc(I)c1[N+](=O)[O-]. The lowest BCUT2D eigenvalue weighted by atomic mass is 10.0. The van der Waals surface area contributed by atoms with Gasteiger partial charge < -0.3 is 0 Å². The minimum absolute atomic E-state index is 0.0506. The van der Waals surface area contributed by atoms with Crippen LogP contribution < -0.4 is 0 Å².